The van der Waals surface area contributed by atoms with Gasteiger partial charge < -0.3 is 9.64 Å². The number of carbonyl (C=O) groups excluding carboxylic acids is 1. The molecule has 1 aliphatic rings. The number of amides is 1. The fourth-order valence-electron chi connectivity index (χ4n) is 4.03. The molecule has 0 saturated carbocycles. The number of ether oxygens (including phenoxy) is 1. The molecule has 32 heavy (non-hydrogen) atoms. The molecule has 1 aromatic carbocycles. The summed E-state index contributed by atoms with van der Waals surface area (Å²) in [5, 5.41) is 5.57. The second-order valence-electron chi connectivity index (χ2n) is 7.90. The van der Waals surface area contributed by atoms with Crippen LogP contribution in [-0.4, -0.2) is 69.9 Å². The third kappa shape index (κ3) is 5.03. The summed E-state index contributed by atoms with van der Waals surface area (Å²) < 4.78 is 6.80. The highest BCUT2D eigenvalue weighted by atomic mass is 16.5. The summed E-state index contributed by atoms with van der Waals surface area (Å²) in [6.45, 7) is 7.59. The van der Waals surface area contributed by atoms with Crippen LogP contribution in [0.1, 0.15) is 29.4 Å². The first-order valence-corrected chi connectivity index (χ1v) is 11.2. The SMILES string of the molecule is CCn1nc(C(=O)N(CCCN2CCOCC2)Cc2ccncc2)c2ccccc2c1=O. The summed E-state index contributed by atoms with van der Waals surface area (Å²) in [5.74, 6) is -0.165. The Morgan fingerprint density at radius 2 is 1.81 bits per heavy atom. The number of rotatable bonds is 8. The Balaban J connectivity index is 1.61. The van der Waals surface area contributed by atoms with Gasteiger partial charge in [0.05, 0.1) is 18.6 Å². The molecule has 1 saturated heterocycles. The van der Waals surface area contributed by atoms with Crippen molar-refractivity contribution in [2.75, 3.05) is 39.4 Å². The maximum Gasteiger partial charge on any atom is 0.275 e. The lowest BCUT2D eigenvalue weighted by Crippen LogP contribution is -2.39. The number of morpholine rings is 1. The fraction of sp³-hybridized carbons (Fsp3) is 0.417. The van der Waals surface area contributed by atoms with Gasteiger partial charge in [-0.3, -0.25) is 19.5 Å². The topological polar surface area (TPSA) is 80.6 Å². The highest BCUT2D eigenvalue weighted by molar-refractivity contribution is 6.04. The largest absolute Gasteiger partial charge is 0.379 e. The highest BCUT2D eigenvalue weighted by Gasteiger charge is 2.22. The smallest absolute Gasteiger partial charge is 0.275 e. The van der Waals surface area contributed by atoms with Crippen molar-refractivity contribution < 1.29 is 9.53 Å². The van der Waals surface area contributed by atoms with Gasteiger partial charge in [0.1, 0.15) is 0 Å². The van der Waals surface area contributed by atoms with Crippen molar-refractivity contribution in [2.45, 2.75) is 26.4 Å². The Hall–Kier alpha value is -3.10. The zero-order chi connectivity index (χ0) is 22.3. The number of aryl methyl sites for hydroxylation is 1. The van der Waals surface area contributed by atoms with Crippen LogP contribution >= 0.6 is 0 Å². The molecule has 1 fully saturated rings. The van der Waals surface area contributed by atoms with E-state index >= 15 is 0 Å². The Morgan fingerprint density at radius 1 is 1.09 bits per heavy atom. The van der Waals surface area contributed by atoms with Crippen molar-refractivity contribution in [3.05, 3.63) is 70.4 Å². The molecule has 0 N–H and O–H groups in total. The number of pyridine rings is 1. The van der Waals surface area contributed by atoms with Gasteiger partial charge in [-0.2, -0.15) is 5.10 Å². The minimum atomic E-state index is -0.173. The van der Waals surface area contributed by atoms with Crippen molar-refractivity contribution in [2.24, 2.45) is 0 Å². The van der Waals surface area contributed by atoms with Crippen LogP contribution in [0.4, 0.5) is 0 Å². The number of fused-ring (bicyclic) bond motifs is 1. The molecule has 1 amide bonds. The summed E-state index contributed by atoms with van der Waals surface area (Å²) in [7, 11) is 0. The van der Waals surface area contributed by atoms with E-state index in [9.17, 15) is 9.59 Å². The van der Waals surface area contributed by atoms with Gasteiger partial charge in [-0.05, 0) is 37.1 Å². The van der Waals surface area contributed by atoms with E-state index in [-0.39, 0.29) is 11.5 Å². The molecule has 8 heteroatoms. The van der Waals surface area contributed by atoms with Crippen LogP contribution in [0.3, 0.4) is 0 Å². The van der Waals surface area contributed by atoms with E-state index in [2.05, 4.69) is 15.0 Å². The normalized spacial score (nSPS) is 14.5. The van der Waals surface area contributed by atoms with Gasteiger partial charge in [0.15, 0.2) is 5.69 Å². The second-order valence-corrected chi connectivity index (χ2v) is 7.90. The van der Waals surface area contributed by atoms with Gasteiger partial charge >= 0.3 is 0 Å². The molecule has 0 atom stereocenters. The van der Waals surface area contributed by atoms with E-state index in [0.717, 1.165) is 44.8 Å². The molecule has 2 aromatic heterocycles. The molecule has 4 rings (SSSR count). The molecule has 3 heterocycles. The van der Waals surface area contributed by atoms with E-state index in [1.165, 1.54) is 4.68 Å². The first-order valence-electron chi connectivity index (χ1n) is 11.2. The monoisotopic (exact) mass is 435 g/mol. The fourth-order valence-corrected chi connectivity index (χ4v) is 4.03. The third-order valence-corrected chi connectivity index (χ3v) is 5.79. The van der Waals surface area contributed by atoms with Crippen molar-refractivity contribution in [3.8, 4) is 0 Å². The number of hydrogen-bond donors (Lipinski definition) is 0. The van der Waals surface area contributed by atoms with Crippen molar-refractivity contribution in [1.82, 2.24) is 24.6 Å². The molecule has 168 valence electrons. The second kappa shape index (κ2) is 10.5. The predicted molar refractivity (Wildman–Crippen MR) is 123 cm³/mol. The summed E-state index contributed by atoms with van der Waals surface area (Å²) in [5.41, 5.74) is 1.16. The van der Waals surface area contributed by atoms with Crippen molar-refractivity contribution in [1.29, 1.82) is 0 Å². The lowest BCUT2D eigenvalue weighted by atomic mass is 10.1. The van der Waals surface area contributed by atoms with Crippen LogP contribution in [0, 0.1) is 0 Å². The minimum absolute atomic E-state index is 0.165. The summed E-state index contributed by atoms with van der Waals surface area (Å²) >= 11 is 0. The molecular weight excluding hydrogens is 406 g/mol. The van der Waals surface area contributed by atoms with E-state index in [1.54, 1.807) is 24.5 Å². The van der Waals surface area contributed by atoms with E-state index in [1.807, 2.05) is 36.1 Å². The maximum atomic E-state index is 13.7. The van der Waals surface area contributed by atoms with Gasteiger partial charge in [0, 0.05) is 57.0 Å². The average Bonchev–Trinajstić information content (AvgIpc) is 2.85. The first kappa shape index (κ1) is 22.1. The predicted octanol–water partition coefficient (Wildman–Crippen LogP) is 2.18. The lowest BCUT2D eigenvalue weighted by molar-refractivity contribution is 0.0355. The van der Waals surface area contributed by atoms with Gasteiger partial charge in [-0.25, -0.2) is 4.68 Å². The molecule has 0 spiro atoms. The Morgan fingerprint density at radius 3 is 2.53 bits per heavy atom. The number of benzene rings is 1. The summed E-state index contributed by atoms with van der Waals surface area (Å²) in [6.07, 6.45) is 4.31. The van der Waals surface area contributed by atoms with Crippen molar-refractivity contribution in [3.63, 3.8) is 0 Å². The van der Waals surface area contributed by atoms with E-state index in [0.29, 0.717) is 36.1 Å². The molecule has 0 bridgehead atoms. The third-order valence-electron chi connectivity index (χ3n) is 5.79. The lowest BCUT2D eigenvalue weighted by Gasteiger charge is -2.28. The summed E-state index contributed by atoms with van der Waals surface area (Å²) in [4.78, 5) is 34.7. The quantitative estimate of drug-likeness (QED) is 0.540. The molecule has 0 aliphatic carbocycles. The first-order chi connectivity index (χ1) is 15.7. The average molecular weight is 436 g/mol. The van der Waals surface area contributed by atoms with Crippen LogP contribution in [0.25, 0.3) is 10.8 Å². The summed E-state index contributed by atoms with van der Waals surface area (Å²) in [6, 6.07) is 11.0. The van der Waals surface area contributed by atoms with E-state index < -0.39 is 0 Å². The number of nitrogens with zero attached hydrogens (tertiary/aromatic N) is 5. The number of hydrogen-bond acceptors (Lipinski definition) is 6. The van der Waals surface area contributed by atoms with Gasteiger partial charge in [-0.15, -0.1) is 0 Å². The number of carbonyl (C=O) groups is 1. The Bertz CT molecular complexity index is 1110. The maximum absolute atomic E-state index is 13.7. The van der Waals surface area contributed by atoms with Gasteiger partial charge in [-0.1, -0.05) is 18.2 Å². The van der Waals surface area contributed by atoms with Gasteiger partial charge in [0.25, 0.3) is 11.5 Å². The Labute approximate surface area is 187 Å². The molecule has 8 nitrogen and oxygen atoms in total. The Kier molecular flexibility index (Phi) is 7.24. The van der Waals surface area contributed by atoms with Crippen molar-refractivity contribution >= 4 is 16.7 Å². The van der Waals surface area contributed by atoms with Crippen LogP contribution in [0.2, 0.25) is 0 Å². The standard InChI is InChI=1S/C24H29N5O3/c1-2-29-23(30)21-7-4-3-6-20(21)22(26-29)24(31)28(18-19-8-10-25-11-9-19)13-5-12-27-14-16-32-17-15-27/h3-4,6-11H,2,5,12-18H2,1H3. The molecule has 1 aliphatic heterocycles. The van der Waals surface area contributed by atoms with Gasteiger partial charge in [0.2, 0.25) is 0 Å². The molecular formula is C24H29N5O3. The van der Waals surface area contributed by atoms with Crippen LogP contribution < -0.4 is 5.56 Å². The number of aromatic nitrogens is 3. The molecule has 3 aromatic rings. The van der Waals surface area contributed by atoms with Crippen LogP contribution in [0.5, 0.6) is 0 Å². The van der Waals surface area contributed by atoms with Crippen LogP contribution in [0.15, 0.2) is 53.6 Å². The highest BCUT2D eigenvalue weighted by Crippen LogP contribution is 2.17. The minimum Gasteiger partial charge on any atom is -0.379 e. The molecule has 0 radical (unpaired) electrons. The zero-order valence-corrected chi connectivity index (χ0v) is 18.4. The van der Waals surface area contributed by atoms with E-state index in [4.69, 9.17) is 4.74 Å². The van der Waals surface area contributed by atoms with Crippen LogP contribution in [-0.2, 0) is 17.8 Å². The molecule has 0 unspecified atom stereocenters. The zero-order valence-electron chi connectivity index (χ0n) is 18.4.